The van der Waals surface area contributed by atoms with Crippen LogP contribution in [0.3, 0.4) is 0 Å². The van der Waals surface area contributed by atoms with Crippen LogP contribution in [0.25, 0.3) is 6.08 Å². The van der Waals surface area contributed by atoms with Gasteiger partial charge in [0.25, 0.3) is 5.91 Å². The third-order valence-electron chi connectivity index (χ3n) is 4.24. The van der Waals surface area contributed by atoms with Crippen molar-refractivity contribution in [1.82, 2.24) is 14.7 Å². The van der Waals surface area contributed by atoms with Gasteiger partial charge in [0.05, 0.1) is 18.7 Å². The molecule has 0 unspecified atom stereocenters. The van der Waals surface area contributed by atoms with Gasteiger partial charge in [0.1, 0.15) is 10.1 Å². The number of hydrogen-bond donors (Lipinski definition) is 0. The molecule has 24 heavy (non-hydrogen) atoms. The number of benzene rings is 1. The number of thiocarbonyl (C=S) groups is 1. The SMILES string of the molecule is COc1ccccc1C=C1SC(=S)N(CN2CCN(C)CC2)C1=O. The Balaban J connectivity index is 1.73. The van der Waals surface area contributed by atoms with Crippen molar-refractivity contribution in [2.45, 2.75) is 0 Å². The number of likely N-dealkylation sites (N-methyl/N-ethyl adjacent to an activating group) is 1. The fourth-order valence-corrected chi connectivity index (χ4v) is 3.97. The maximum atomic E-state index is 12.7. The van der Waals surface area contributed by atoms with Gasteiger partial charge in [-0.3, -0.25) is 14.6 Å². The average Bonchev–Trinajstić information content (AvgIpc) is 2.85. The van der Waals surface area contributed by atoms with Gasteiger partial charge in [-0.2, -0.15) is 0 Å². The Labute approximate surface area is 152 Å². The first-order valence-electron chi connectivity index (χ1n) is 7.88. The van der Waals surface area contributed by atoms with Crippen LogP contribution in [0.2, 0.25) is 0 Å². The van der Waals surface area contributed by atoms with E-state index in [0.29, 0.717) is 15.9 Å². The summed E-state index contributed by atoms with van der Waals surface area (Å²) < 4.78 is 5.98. The fraction of sp³-hybridized carbons (Fsp3) is 0.412. The Morgan fingerprint density at radius 3 is 2.67 bits per heavy atom. The van der Waals surface area contributed by atoms with Crippen LogP contribution in [-0.4, -0.2) is 71.9 Å². The van der Waals surface area contributed by atoms with E-state index >= 15 is 0 Å². The number of carbonyl (C=O) groups is 1. The van der Waals surface area contributed by atoms with Gasteiger partial charge >= 0.3 is 0 Å². The van der Waals surface area contributed by atoms with Crippen molar-refractivity contribution in [3.63, 3.8) is 0 Å². The number of piperazine rings is 1. The Morgan fingerprint density at radius 2 is 1.96 bits per heavy atom. The number of ether oxygens (including phenoxy) is 1. The Hall–Kier alpha value is -1.41. The number of para-hydroxylation sites is 1. The van der Waals surface area contributed by atoms with E-state index in [9.17, 15) is 4.79 Å². The van der Waals surface area contributed by atoms with Crippen molar-refractivity contribution in [1.29, 1.82) is 0 Å². The van der Waals surface area contributed by atoms with Gasteiger partial charge in [-0.15, -0.1) is 0 Å². The lowest BCUT2D eigenvalue weighted by Crippen LogP contribution is -2.49. The molecule has 7 heteroatoms. The second kappa shape index (κ2) is 7.65. The predicted molar refractivity (Wildman–Crippen MR) is 102 cm³/mol. The van der Waals surface area contributed by atoms with Crippen LogP contribution < -0.4 is 4.74 Å². The van der Waals surface area contributed by atoms with Gasteiger partial charge in [-0.25, -0.2) is 0 Å². The van der Waals surface area contributed by atoms with Gasteiger partial charge in [0.2, 0.25) is 0 Å². The van der Waals surface area contributed by atoms with E-state index in [1.54, 1.807) is 12.0 Å². The van der Waals surface area contributed by atoms with Crippen LogP contribution in [0.1, 0.15) is 5.56 Å². The predicted octanol–water partition coefficient (Wildman–Crippen LogP) is 2.10. The van der Waals surface area contributed by atoms with Crippen molar-refractivity contribution in [3.05, 3.63) is 34.7 Å². The fourth-order valence-electron chi connectivity index (χ4n) is 2.74. The van der Waals surface area contributed by atoms with E-state index in [1.807, 2.05) is 30.3 Å². The maximum absolute atomic E-state index is 12.7. The molecule has 0 atom stereocenters. The summed E-state index contributed by atoms with van der Waals surface area (Å²) in [5, 5.41) is 0. The number of nitrogens with zero attached hydrogens (tertiary/aromatic N) is 3. The summed E-state index contributed by atoms with van der Waals surface area (Å²) in [6, 6.07) is 7.66. The van der Waals surface area contributed by atoms with E-state index < -0.39 is 0 Å². The summed E-state index contributed by atoms with van der Waals surface area (Å²) in [5.74, 6) is 0.733. The quantitative estimate of drug-likeness (QED) is 0.602. The van der Waals surface area contributed by atoms with Crippen molar-refractivity contribution < 1.29 is 9.53 Å². The molecule has 2 saturated heterocycles. The molecule has 0 aliphatic carbocycles. The second-order valence-electron chi connectivity index (χ2n) is 5.91. The molecule has 0 saturated carbocycles. The minimum atomic E-state index is -0.0187. The Morgan fingerprint density at radius 1 is 1.25 bits per heavy atom. The highest BCUT2D eigenvalue weighted by Gasteiger charge is 2.33. The molecule has 0 bridgehead atoms. The maximum Gasteiger partial charge on any atom is 0.267 e. The molecular formula is C17H21N3O2S2. The molecule has 2 heterocycles. The molecule has 1 aromatic carbocycles. The van der Waals surface area contributed by atoms with E-state index in [-0.39, 0.29) is 5.91 Å². The van der Waals surface area contributed by atoms with Gasteiger partial charge in [-0.05, 0) is 19.2 Å². The number of rotatable bonds is 4. The zero-order chi connectivity index (χ0) is 17.1. The summed E-state index contributed by atoms with van der Waals surface area (Å²) in [4.78, 5) is 19.7. The van der Waals surface area contributed by atoms with Crippen molar-refractivity contribution in [3.8, 4) is 5.75 Å². The molecule has 0 aromatic heterocycles. The van der Waals surface area contributed by atoms with Crippen molar-refractivity contribution in [2.75, 3.05) is 47.0 Å². The van der Waals surface area contributed by atoms with Crippen LogP contribution in [0.5, 0.6) is 5.75 Å². The molecule has 0 N–H and O–H groups in total. The van der Waals surface area contributed by atoms with E-state index in [4.69, 9.17) is 17.0 Å². The summed E-state index contributed by atoms with van der Waals surface area (Å²) in [7, 11) is 3.75. The Bertz CT molecular complexity index is 670. The van der Waals surface area contributed by atoms with Gasteiger partial charge in [-0.1, -0.05) is 42.2 Å². The molecule has 1 amide bonds. The van der Waals surface area contributed by atoms with Crippen molar-refractivity contribution in [2.24, 2.45) is 0 Å². The van der Waals surface area contributed by atoms with Gasteiger partial charge in [0, 0.05) is 31.7 Å². The molecule has 0 radical (unpaired) electrons. The number of amides is 1. The number of carbonyl (C=O) groups excluding carboxylic acids is 1. The molecule has 2 fully saturated rings. The molecule has 128 valence electrons. The molecule has 5 nitrogen and oxygen atoms in total. The molecule has 3 rings (SSSR count). The third kappa shape index (κ3) is 3.80. The number of thioether (sulfide) groups is 1. The molecule has 2 aliphatic rings. The summed E-state index contributed by atoms with van der Waals surface area (Å²) in [5.41, 5.74) is 0.889. The van der Waals surface area contributed by atoms with Crippen LogP contribution in [-0.2, 0) is 4.79 Å². The van der Waals surface area contributed by atoms with E-state index in [1.165, 1.54) is 11.8 Å². The monoisotopic (exact) mass is 363 g/mol. The van der Waals surface area contributed by atoms with Crippen LogP contribution in [0.15, 0.2) is 29.2 Å². The van der Waals surface area contributed by atoms with Crippen LogP contribution in [0.4, 0.5) is 0 Å². The van der Waals surface area contributed by atoms with Crippen LogP contribution in [0, 0.1) is 0 Å². The lowest BCUT2D eigenvalue weighted by atomic mass is 10.2. The lowest BCUT2D eigenvalue weighted by molar-refractivity contribution is -0.123. The normalized spacial score (nSPS) is 21.8. The molecule has 0 spiro atoms. The van der Waals surface area contributed by atoms with Crippen molar-refractivity contribution >= 4 is 40.3 Å². The molecule has 2 aliphatic heterocycles. The minimum Gasteiger partial charge on any atom is -0.496 e. The average molecular weight is 364 g/mol. The third-order valence-corrected chi connectivity index (χ3v) is 5.61. The minimum absolute atomic E-state index is 0.0187. The standard InChI is InChI=1S/C17H21N3O2S2/c1-18-7-9-19(10-8-18)12-20-16(21)15(24-17(20)23)11-13-5-3-4-6-14(13)22-2/h3-6,11H,7-10,12H2,1-2H3. The Kier molecular flexibility index (Phi) is 5.55. The first kappa shape index (κ1) is 17.4. The van der Waals surface area contributed by atoms with Crippen LogP contribution >= 0.6 is 24.0 Å². The molecular weight excluding hydrogens is 342 g/mol. The summed E-state index contributed by atoms with van der Waals surface area (Å²) in [6.07, 6.45) is 1.86. The van der Waals surface area contributed by atoms with Gasteiger partial charge < -0.3 is 9.64 Å². The largest absolute Gasteiger partial charge is 0.496 e. The zero-order valence-electron chi connectivity index (χ0n) is 13.9. The second-order valence-corrected chi connectivity index (χ2v) is 7.59. The highest BCUT2D eigenvalue weighted by Crippen LogP contribution is 2.34. The summed E-state index contributed by atoms with van der Waals surface area (Å²) >= 11 is 6.78. The lowest BCUT2D eigenvalue weighted by Gasteiger charge is -2.34. The first-order chi connectivity index (χ1) is 11.6. The van der Waals surface area contributed by atoms with E-state index in [2.05, 4.69) is 16.8 Å². The molecule has 1 aromatic rings. The zero-order valence-corrected chi connectivity index (χ0v) is 15.5. The number of hydrogen-bond acceptors (Lipinski definition) is 6. The highest BCUT2D eigenvalue weighted by atomic mass is 32.2. The first-order valence-corrected chi connectivity index (χ1v) is 9.10. The summed E-state index contributed by atoms with van der Waals surface area (Å²) in [6.45, 7) is 4.53. The highest BCUT2D eigenvalue weighted by molar-refractivity contribution is 8.26. The van der Waals surface area contributed by atoms with E-state index in [0.717, 1.165) is 37.5 Å². The van der Waals surface area contributed by atoms with Gasteiger partial charge in [0.15, 0.2) is 0 Å². The topological polar surface area (TPSA) is 36.0 Å². The smallest absolute Gasteiger partial charge is 0.267 e. The number of methoxy groups -OCH3 is 1.